The van der Waals surface area contributed by atoms with Gasteiger partial charge in [0.05, 0.1) is 114 Å². The number of anilines is 1. The van der Waals surface area contributed by atoms with E-state index in [0.29, 0.717) is 104 Å². The molecule has 2 rings (SSSR count). The van der Waals surface area contributed by atoms with E-state index in [0.717, 1.165) is 22.8 Å². The number of ether oxygens (including phenoxy) is 8. The third-order valence-electron chi connectivity index (χ3n) is 9.85. The summed E-state index contributed by atoms with van der Waals surface area (Å²) in [4.78, 5) is 107. The maximum atomic E-state index is 12.3. The van der Waals surface area contributed by atoms with Gasteiger partial charge in [-0.25, -0.2) is 28.7 Å². The standard InChI is InChI=1S/C44H67N9O22/c54-38(45-11-2-1-4-35(41(58)59)49-43(62)50-36(42(60)61)8-9-40(56)57)5-3-13-68-14-15-69-16-17-70-18-19-71-20-21-72-22-23-73-24-25-74-26-27-75-44(63)51-30-32(48-31-51)10-12-46-39(55)29-47-34-7-6-33(52(64)65)28-37(34)53(66)67/h6-7,28,30-31,35-36,47H,1-5,8-27,29H2,(H,45,54)(H,46,55)(H,56,57)(H,58,59)(H,60,61)(H2,49,50,62)/t35-,36-/m0/s1. The minimum Gasteiger partial charge on any atom is -0.481 e. The van der Waals surface area contributed by atoms with Gasteiger partial charge in [-0.1, -0.05) is 0 Å². The summed E-state index contributed by atoms with van der Waals surface area (Å²) >= 11 is 0. The number of benzene rings is 1. The topological polar surface area (TPSA) is 418 Å². The molecule has 31 heteroatoms. The highest BCUT2D eigenvalue weighted by Crippen LogP contribution is 2.28. The first-order chi connectivity index (χ1) is 36.1. The Kier molecular flexibility index (Phi) is 33.5. The molecule has 0 fully saturated rings. The molecule has 2 aromatic rings. The first kappa shape index (κ1) is 64.0. The highest BCUT2D eigenvalue weighted by Gasteiger charge is 2.25. The molecule has 0 radical (unpaired) electrons. The molecule has 0 saturated carbocycles. The molecule has 420 valence electrons. The Morgan fingerprint density at radius 2 is 1.13 bits per heavy atom. The minimum atomic E-state index is -1.50. The van der Waals surface area contributed by atoms with E-state index >= 15 is 0 Å². The number of carbonyl (C=O) groups is 7. The number of nitrogens with one attached hydrogen (secondary N) is 5. The predicted octanol–water partition coefficient (Wildman–Crippen LogP) is 0.708. The van der Waals surface area contributed by atoms with Crippen LogP contribution in [0.3, 0.4) is 0 Å². The van der Waals surface area contributed by atoms with Crippen molar-refractivity contribution < 1.29 is 96.6 Å². The first-order valence-electron chi connectivity index (χ1n) is 23.8. The van der Waals surface area contributed by atoms with Gasteiger partial charge in [0.25, 0.3) is 11.4 Å². The monoisotopic (exact) mass is 1070 g/mol. The molecule has 0 bridgehead atoms. The smallest absolute Gasteiger partial charge is 0.419 e. The number of urea groups is 1. The van der Waals surface area contributed by atoms with Crippen molar-refractivity contribution in [2.24, 2.45) is 0 Å². The van der Waals surface area contributed by atoms with Crippen molar-refractivity contribution in [2.45, 2.75) is 63.5 Å². The number of hydrogen-bond donors (Lipinski definition) is 8. The lowest BCUT2D eigenvalue weighted by molar-refractivity contribution is -0.393. The molecule has 8 N–H and O–H groups in total. The maximum absolute atomic E-state index is 12.3. The molecule has 0 saturated heterocycles. The summed E-state index contributed by atoms with van der Waals surface area (Å²) < 4.78 is 44.5. The molecule has 1 heterocycles. The fourth-order valence-corrected chi connectivity index (χ4v) is 6.04. The van der Waals surface area contributed by atoms with E-state index in [-0.39, 0.29) is 76.7 Å². The number of hydrogen-bond acceptors (Lipinski definition) is 21. The number of nitrogens with zero attached hydrogens (tertiary/aromatic N) is 4. The number of rotatable bonds is 45. The second-order valence-corrected chi connectivity index (χ2v) is 15.6. The fraction of sp³-hybridized carbons (Fsp3) is 0.636. The van der Waals surface area contributed by atoms with Crippen LogP contribution in [-0.4, -0.2) is 207 Å². The number of non-ortho nitro benzene ring substituents is 1. The van der Waals surface area contributed by atoms with Crippen molar-refractivity contribution in [2.75, 3.05) is 124 Å². The lowest BCUT2D eigenvalue weighted by atomic mass is 10.1. The van der Waals surface area contributed by atoms with Gasteiger partial charge in [-0.3, -0.25) is 34.6 Å². The highest BCUT2D eigenvalue weighted by molar-refractivity contribution is 5.86. The van der Waals surface area contributed by atoms with Crippen molar-refractivity contribution in [1.29, 1.82) is 0 Å². The van der Waals surface area contributed by atoms with Crippen LogP contribution in [0.5, 0.6) is 0 Å². The molecule has 4 amide bonds. The van der Waals surface area contributed by atoms with Crippen LogP contribution < -0.4 is 26.6 Å². The van der Waals surface area contributed by atoms with E-state index in [4.69, 9.17) is 48.1 Å². The number of aromatic nitrogens is 2. The Morgan fingerprint density at radius 3 is 1.65 bits per heavy atom. The summed E-state index contributed by atoms with van der Waals surface area (Å²) in [6, 6.07) is -0.823. The number of nitro benzene ring substituents is 2. The molecule has 31 nitrogen and oxygen atoms in total. The van der Waals surface area contributed by atoms with Gasteiger partial charge in [-0.15, -0.1) is 0 Å². The molecule has 0 aliphatic heterocycles. The molecule has 1 aromatic heterocycles. The molecule has 75 heavy (non-hydrogen) atoms. The van der Waals surface area contributed by atoms with E-state index < -0.39 is 75.7 Å². The van der Waals surface area contributed by atoms with Crippen LogP contribution >= 0.6 is 0 Å². The average Bonchev–Trinajstić information content (AvgIpc) is 3.85. The van der Waals surface area contributed by atoms with Crippen LogP contribution in [-0.2, 0) is 68.3 Å². The molecular weight excluding hydrogens is 1010 g/mol. The fourth-order valence-electron chi connectivity index (χ4n) is 6.04. The third-order valence-corrected chi connectivity index (χ3v) is 9.85. The molecule has 0 spiro atoms. The summed E-state index contributed by atoms with van der Waals surface area (Å²) in [5.74, 6) is -4.72. The predicted molar refractivity (Wildman–Crippen MR) is 257 cm³/mol. The second-order valence-electron chi connectivity index (χ2n) is 15.6. The van der Waals surface area contributed by atoms with Gasteiger partial charge < -0.3 is 79.8 Å². The average molecular weight is 1070 g/mol. The Morgan fingerprint density at radius 1 is 0.613 bits per heavy atom. The minimum absolute atomic E-state index is 0.0123. The van der Waals surface area contributed by atoms with E-state index in [9.17, 15) is 58.9 Å². The highest BCUT2D eigenvalue weighted by atomic mass is 16.6. The van der Waals surface area contributed by atoms with Gasteiger partial charge in [0.1, 0.15) is 30.7 Å². The molecule has 2 atom stereocenters. The van der Waals surface area contributed by atoms with E-state index in [1.54, 1.807) is 0 Å². The van der Waals surface area contributed by atoms with Crippen LogP contribution in [0.15, 0.2) is 30.7 Å². The van der Waals surface area contributed by atoms with Crippen molar-refractivity contribution in [1.82, 2.24) is 30.8 Å². The largest absolute Gasteiger partial charge is 0.481 e. The summed E-state index contributed by atoms with van der Waals surface area (Å²) in [6.45, 7) is 4.79. The summed E-state index contributed by atoms with van der Waals surface area (Å²) in [6.07, 6.45) is 2.94. The van der Waals surface area contributed by atoms with E-state index in [2.05, 4.69) is 31.6 Å². The molecular formula is C44H67N9O22. The van der Waals surface area contributed by atoms with Crippen LogP contribution in [0, 0.1) is 20.2 Å². The third kappa shape index (κ3) is 31.2. The quantitative estimate of drug-likeness (QED) is 0.0257. The number of carbonyl (C=O) groups excluding carboxylic acids is 4. The van der Waals surface area contributed by atoms with Gasteiger partial charge in [0.15, 0.2) is 0 Å². The normalized spacial score (nSPS) is 11.7. The van der Waals surface area contributed by atoms with Gasteiger partial charge in [0.2, 0.25) is 11.8 Å². The van der Waals surface area contributed by atoms with Crippen LogP contribution in [0.4, 0.5) is 26.7 Å². The second kappa shape index (κ2) is 39.3. The van der Waals surface area contributed by atoms with Gasteiger partial charge in [-0.05, 0) is 38.2 Å². The number of carboxylic acids is 3. The number of carboxylic acid groups (broad SMARTS) is 3. The van der Waals surface area contributed by atoms with Gasteiger partial charge in [0, 0.05) is 51.2 Å². The zero-order valence-electron chi connectivity index (χ0n) is 41.3. The van der Waals surface area contributed by atoms with Crippen molar-refractivity contribution in [3.8, 4) is 0 Å². The van der Waals surface area contributed by atoms with Gasteiger partial charge >= 0.3 is 30.0 Å². The maximum Gasteiger partial charge on any atom is 0.419 e. The Balaban J connectivity index is 1.31. The Labute approximate surface area is 429 Å². The van der Waals surface area contributed by atoms with Crippen molar-refractivity contribution in [3.63, 3.8) is 0 Å². The van der Waals surface area contributed by atoms with Crippen LogP contribution in [0.25, 0.3) is 0 Å². The lowest BCUT2D eigenvalue weighted by Gasteiger charge is -2.18. The summed E-state index contributed by atoms with van der Waals surface area (Å²) in [7, 11) is 0. The van der Waals surface area contributed by atoms with Gasteiger partial charge in [-0.2, -0.15) is 0 Å². The molecule has 0 aliphatic carbocycles. The SMILES string of the molecule is O=C(O)CC[C@H](NC(=O)N[C@@H](CCCCNC(=O)CCCOCCOCCOCCOCCOCCOCCOCCOC(=O)n1cnc(CCNC(=O)CNc2ccc([N+](=O)[O-])cc2[N+](=O)[O-])c1)C(=O)O)C(=O)O. The zero-order chi connectivity index (χ0) is 55.1. The van der Waals surface area contributed by atoms with Crippen molar-refractivity contribution >= 4 is 58.9 Å². The number of imidazole rings is 1. The van der Waals surface area contributed by atoms with Crippen LogP contribution in [0.1, 0.15) is 50.6 Å². The zero-order valence-corrected chi connectivity index (χ0v) is 41.3. The van der Waals surface area contributed by atoms with E-state index in [1.807, 2.05) is 0 Å². The molecule has 0 aliphatic rings. The Bertz CT molecular complexity index is 2080. The van der Waals surface area contributed by atoms with E-state index in [1.165, 1.54) is 12.5 Å². The van der Waals surface area contributed by atoms with Crippen molar-refractivity contribution in [3.05, 3.63) is 56.6 Å². The molecule has 1 aromatic carbocycles. The lowest BCUT2D eigenvalue weighted by Crippen LogP contribution is -2.51. The summed E-state index contributed by atoms with van der Waals surface area (Å²) in [5, 5.41) is 61.6. The van der Waals surface area contributed by atoms with Crippen LogP contribution in [0.2, 0.25) is 0 Å². The summed E-state index contributed by atoms with van der Waals surface area (Å²) in [5.41, 5.74) is -0.555. The number of aliphatic carboxylic acids is 3. The number of amides is 4. The number of unbranched alkanes of at least 4 members (excludes halogenated alkanes) is 1. The Hall–Kier alpha value is -7.16. The first-order valence-corrected chi connectivity index (χ1v) is 23.8. The molecule has 0 unspecified atom stereocenters. The number of nitro groups is 2.